The zero-order valence-electron chi connectivity index (χ0n) is 9.32. The van der Waals surface area contributed by atoms with Crippen molar-refractivity contribution in [3.63, 3.8) is 0 Å². The summed E-state index contributed by atoms with van der Waals surface area (Å²) in [6, 6.07) is 9.40. The highest BCUT2D eigenvalue weighted by Gasteiger charge is 2.02. The molecule has 0 fully saturated rings. The third kappa shape index (κ3) is 6.02. The summed E-state index contributed by atoms with van der Waals surface area (Å²) in [5.74, 6) is -0.273. The van der Waals surface area contributed by atoms with Gasteiger partial charge in [-0.1, -0.05) is 47.6 Å². The van der Waals surface area contributed by atoms with Crippen LogP contribution < -0.4 is 0 Å². The first-order chi connectivity index (χ1) is 8.33. The summed E-state index contributed by atoms with van der Waals surface area (Å²) in [5.41, 5.74) is 8.94. The fourth-order valence-corrected chi connectivity index (χ4v) is 1.18. The molecule has 0 amide bonds. The molecule has 0 atom stereocenters. The zero-order chi connectivity index (χ0) is 12.3. The molecule has 0 heterocycles. The maximum absolute atomic E-state index is 11.4. The minimum absolute atomic E-state index is 0.201. The van der Waals surface area contributed by atoms with Gasteiger partial charge in [0.2, 0.25) is 0 Å². The lowest BCUT2D eigenvalue weighted by molar-refractivity contribution is -0.141. The van der Waals surface area contributed by atoms with Gasteiger partial charge in [0, 0.05) is 11.5 Å². The van der Waals surface area contributed by atoms with E-state index < -0.39 is 0 Å². The van der Waals surface area contributed by atoms with Gasteiger partial charge in [0.1, 0.15) is 6.61 Å². The van der Waals surface area contributed by atoms with Crippen LogP contribution in [0.1, 0.15) is 5.56 Å². The third-order valence-corrected chi connectivity index (χ3v) is 1.95. The molecule has 0 aliphatic rings. The average molecular weight is 231 g/mol. The van der Waals surface area contributed by atoms with E-state index in [1.54, 1.807) is 12.2 Å². The lowest BCUT2D eigenvalue weighted by Gasteiger charge is -2.01. The summed E-state index contributed by atoms with van der Waals surface area (Å²) in [5, 5.41) is 3.31. The van der Waals surface area contributed by atoms with Crippen LogP contribution in [0.3, 0.4) is 0 Å². The molecule has 0 aromatic heterocycles. The molecular formula is C12H13N3O2. The Kier molecular flexibility index (Phi) is 6.00. The molecular weight excluding hydrogens is 218 g/mol. The summed E-state index contributed by atoms with van der Waals surface area (Å²) in [7, 11) is 0. The molecule has 0 radical (unpaired) electrons. The van der Waals surface area contributed by atoms with Crippen LogP contribution in [0.25, 0.3) is 10.4 Å². The van der Waals surface area contributed by atoms with E-state index >= 15 is 0 Å². The topological polar surface area (TPSA) is 75.1 Å². The Morgan fingerprint density at radius 3 is 2.82 bits per heavy atom. The van der Waals surface area contributed by atoms with Crippen molar-refractivity contribution >= 4 is 5.97 Å². The molecule has 5 heteroatoms. The normalized spacial score (nSPS) is 9.88. The van der Waals surface area contributed by atoms with Gasteiger partial charge in [-0.15, -0.1) is 0 Å². The number of hydrogen-bond acceptors (Lipinski definition) is 3. The average Bonchev–Trinajstić information content (AvgIpc) is 2.35. The van der Waals surface area contributed by atoms with E-state index in [9.17, 15) is 4.79 Å². The lowest BCUT2D eigenvalue weighted by Crippen LogP contribution is -2.07. The quantitative estimate of drug-likeness (QED) is 0.248. The first kappa shape index (κ1) is 12.8. The standard InChI is InChI=1S/C12H13N3O2/c13-15-14-8-4-5-9-17-12(16)10-11-6-2-1-3-7-11/h1-7H,8-10H2/b5-4+. The number of benzene rings is 1. The molecule has 17 heavy (non-hydrogen) atoms. The molecule has 1 aromatic rings. The molecule has 1 aromatic carbocycles. The number of carbonyl (C=O) groups is 1. The summed E-state index contributed by atoms with van der Waals surface area (Å²) in [4.78, 5) is 14.0. The Morgan fingerprint density at radius 1 is 1.35 bits per heavy atom. The minimum atomic E-state index is -0.273. The van der Waals surface area contributed by atoms with Gasteiger partial charge in [0.15, 0.2) is 0 Å². The lowest BCUT2D eigenvalue weighted by atomic mass is 10.2. The van der Waals surface area contributed by atoms with Crippen LogP contribution in [0, 0.1) is 0 Å². The summed E-state index contributed by atoms with van der Waals surface area (Å²) < 4.78 is 4.97. The van der Waals surface area contributed by atoms with Crippen LogP contribution in [0.2, 0.25) is 0 Å². The monoisotopic (exact) mass is 231 g/mol. The molecule has 0 N–H and O–H groups in total. The Hall–Kier alpha value is -2.26. The highest BCUT2D eigenvalue weighted by molar-refractivity contribution is 5.72. The van der Waals surface area contributed by atoms with E-state index in [1.807, 2.05) is 30.3 Å². The van der Waals surface area contributed by atoms with Gasteiger partial charge < -0.3 is 4.74 Å². The van der Waals surface area contributed by atoms with Crippen LogP contribution in [0.15, 0.2) is 47.6 Å². The van der Waals surface area contributed by atoms with Gasteiger partial charge in [-0.05, 0) is 11.1 Å². The van der Waals surface area contributed by atoms with E-state index in [2.05, 4.69) is 10.0 Å². The van der Waals surface area contributed by atoms with Gasteiger partial charge in [-0.2, -0.15) is 0 Å². The summed E-state index contributed by atoms with van der Waals surface area (Å²) in [6.45, 7) is 0.472. The molecule has 0 spiro atoms. The Bertz CT molecular complexity index is 423. The SMILES string of the molecule is [N-]=[N+]=NC/C=C/COC(=O)Cc1ccccc1. The van der Waals surface area contributed by atoms with E-state index in [-0.39, 0.29) is 25.5 Å². The molecule has 0 saturated heterocycles. The number of esters is 1. The van der Waals surface area contributed by atoms with E-state index in [0.29, 0.717) is 0 Å². The van der Waals surface area contributed by atoms with Crippen molar-refractivity contribution in [1.29, 1.82) is 0 Å². The van der Waals surface area contributed by atoms with Crippen molar-refractivity contribution in [2.24, 2.45) is 5.11 Å². The van der Waals surface area contributed by atoms with Crippen LogP contribution in [0.4, 0.5) is 0 Å². The molecule has 88 valence electrons. The molecule has 0 aliphatic heterocycles. The van der Waals surface area contributed by atoms with Crippen LogP contribution >= 0.6 is 0 Å². The maximum atomic E-state index is 11.4. The Morgan fingerprint density at radius 2 is 2.12 bits per heavy atom. The van der Waals surface area contributed by atoms with Crippen LogP contribution in [-0.2, 0) is 16.0 Å². The molecule has 0 unspecified atom stereocenters. The zero-order valence-corrected chi connectivity index (χ0v) is 9.32. The second-order valence-corrected chi connectivity index (χ2v) is 3.23. The van der Waals surface area contributed by atoms with Gasteiger partial charge in [0.25, 0.3) is 0 Å². The smallest absolute Gasteiger partial charge is 0.310 e. The number of ether oxygens (including phenoxy) is 1. The van der Waals surface area contributed by atoms with E-state index in [0.717, 1.165) is 5.56 Å². The highest BCUT2D eigenvalue weighted by atomic mass is 16.5. The molecule has 5 nitrogen and oxygen atoms in total. The second-order valence-electron chi connectivity index (χ2n) is 3.23. The third-order valence-electron chi connectivity index (χ3n) is 1.95. The van der Waals surface area contributed by atoms with Crippen molar-refractivity contribution in [1.82, 2.24) is 0 Å². The number of hydrogen-bond donors (Lipinski definition) is 0. The van der Waals surface area contributed by atoms with Crippen molar-refractivity contribution in [2.75, 3.05) is 13.2 Å². The van der Waals surface area contributed by atoms with Crippen LogP contribution in [0.5, 0.6) is 0 Å². The summed E-state index contributed by atoms with van der Waals surface area (Å²) >= 11 is 0. The van der Waals surface area contributed by atoms with Gasteiger partial charge in [-0.25, -0.2) is 0 Å². The second kappa shape index (κ2) is 7.96. The van der Waals surface area contributed by atoms with E-state index in [1.165, 1.54) is 0 Å². The number of nitrogens with zero attached hydrogens (tertiary/aromatic N) is 3. The fourth-order valence-electron chi connectivity index (χ4n) is 1.18. The summed E-state index contributed by atoms with van der Waals surface area (Å²) in [6.07, 6.45) is 3.57. The van der Waals surface area contributed by atoms with Crippen LogP contribution in [-0.4, -0.2) is 19.1 Å². The van der Waals surface area contributed by atoms with Crippen molar-refractivity contribution in [3.8, 4) is 0 Å². The largest absolute Gasteiger partial charge is 0.461 e. The van der Waals surface area contributed by atoms with E-state index in [4.69, 9.17) is 10.3 Å². The minimum Gasteiger partial charge on any atom is -0.461 e. The Labute approximate surface area is 99.3 Å². The predicted octanol–water partition coefficient (Wildman–Crippen LogP) is 2.64. The Balaban J connectivity index is 2.22. The van der Waals surface area contributed by atoms with Gasteiger partial charge in [-0.3, -0.25) is 4.79 Å². The number of rotatable bonds is 6. The fraction of sp³-hybridized carbons (Fsp3) is 0.250. The maximum Gasteiger partial charge on any atom is 0.310 e. The van der Waals surface area contributed by atoms with Crippen molar-refractivity contribution < 1.29 is 9.53 Å². The van der Waals surface area contributed by atoms with Crippen molar-refractivity contribution in [3.05, 3.63) is 58.5 Å². The number of carbonyl (C=O) groups excluding carboxylic acids is 1. The first-order valence-electron chi connectivity index (χ1n) is 5.18. The van der Waals surface area contributed by atoms with Gasteiger partial charge >= 0.3 is 5.97 Å². The molecule has 1 rings (SSSR count). The first-order valence-corrected chi connectivity index (χ1v) is 5.18. The number of azide groups is 1. The predicted molar refractivity (Wildman–Crippen MR) is 64.3 cm³/mol. The van der Waals surface area contributed by atoms with Gasteiger partial charge in [0.05, 0.1) is 6.42 Å². The molecule has 0 bridgehead atoms. The molecule has 0 aliphatic carbocycles. The highest BCUT2D eigenvalue weighted by Crippen LogP contribution is 2.00. The molecule has 0 saturated carbocycles. The van der Waals surface area contributed by atoms with Crippen molar-refractivity contribution in [2.45, 2.75) is 6.42 Å².